The van der Waals surface area contributed by atoms with E-state index in [-0.39, 0.29) is 15.8 Å². The zero-order valence-electron chi connectivity index (χ0n) is 10.8. The predicted octanol–water partition coefficient (Wildman–Crippen LogP) is 3.44. The first-order valence-corrected chi connectivity index (χ1v) is 10.9. The number of hydrogen-bond donors (Lipinski definition) is 2. The van der Waals surface area contributed by atoms with Crippen molar-refractivity contribution in [3.63, 3.8) is 0 Å². The topological polar surface area (TPSA) is 40.5 Å². The summed E-state index contributed by atoms with van der Waals surface area (Å²) >= 11 is 4.90. The van der Waals surface area contributed by atoms with Gasteiger partial charge in [0.15, 0.2) is 0 Å². The summed E-state index contributed by atoms with van der Waals surface area (Å²) in [6.45, 7) is 8.46. The molecule has 0 aromatic carbocycles. The normalized spacial score (nSPS) is 16.4. The maximum absolute atomic E-state index is 9.71. The smallest absolute Gasteiger partial charge is 0.307 e. The summed E-state index contributed by atoms with van der Waals surface area (Å²) in [5.74, 6) is 1.51. The van der Waals surface area contributed by atoms with E-state index in [1.54, 1.807) is 0 Å². The molecule has 0 saturated heterocycles. The molecule has 0 heterocycles. The highest BCUT2D eigenvalue weighted by molar-refractivity contribution is 8.65. The van der Waals surface area contributed by atoms with Gasteiger partial charge in [0.05, 0.1) is 10.5 Å². The molecule has 2 atom stereocenters. The first-order valence-electron chi connectivity index (χ1n) is 6.08. The molecule has 0 radical (unpaired) electrons. The van der Waals surface area contributed by atoms with E-state index in [2.05, 4.69) is 13.8 Å². The highest BCUT2D eigenvalue weighted by Crippen LogP contribution is 2.49. The van der Waals surface area contributed by atoms with Gasteiger partial charge in [0.2, 0.25) is 0 Å². The predicted molar refractivity (Wildman–Crippen MR) is 79.4 cm³/mol. The molecule has 16 heavy (non-hydrogen) atoms. The van der Waals surface area contributed by atoms with Crippen molar-refractivity contribution in [3.05, 3.63) is 0 Å². The molecule has 0 bridgehead atoms. The van der Waals surface area contributed by atoms with Crippen LogP contribution in [0.1, 0.15) is 53.4 Å². The van der Waals surface area contributed by atoms with Crippen molar-refractivity contribution in [2.45, 2.75) is 58.6 Å². The van der Waals surface area contributed by atoms with Crippen LogP contribution in [-0.4, -0.2) is 20.8 Å². The van der Waals surface area contributed by atoms with E-state index < -0.39 is 5.69 Å². The summed E-state index contributed by atoms with van der Waals surface area (Å²) in [6, 6.07) is 0. The van der Waals surface area contributed by atoms with Crippen molar-refractivity contribution in [3.8, 4) is 0 Å². The Hall–Kier alpha value is 0.920. The second-order valence-corrected chi connectivity index (χ2v) is 12.7. The molecule has 0 fully saturated rings. The average molecular weight is 285 g/mol. The third-order valence-electron chi connectivity index (χ3n) is 2.80. The van der Waals surface area contributed by atoms with E-state index in [0.29, 0.717) is 5.92 Å². The van der Waals surface area contributed by atoms with Gasteiger partial charge in [-0.1, -0.05) is 26.7 Å². The molecule has 0 aliphatic carbocycles. The van der Waals surface area contributed by atoms with Gasteiger partial charge < -0.3 is 9.79 Å². The van der Waals surface area contributed by atoms with Crippen LogP contribution >= 0.6 is 5.69 Å². The van der Waals surface area contributed by atoms with Crippen molar-refractivity contribution in [1.82, 2.24) is 0 Å². The van der Waals surface area contributed by atoms with Crippen LogP contribution < -0.4 is 0 Å². The van der Waals surface area contributed by atoms with Crippen LogP contribution in [0.4, 0.5) is 0 Å². The lowest BCUT2D eigenvalue weighted by molar-refractivity contribution is 0.489. The monoisotopic (exact) mass is 285 g/mol. The van der Waals surface area contributed by atoms with E-state index in [4.69, 9.17) is 11.8 Å². The van der Waals surface area contributed by atoms with Crippen LogP contribution in [0.2, 0.25) is 0 Å². The molecular weight excluding hydrogens is 259 g/mol. The molecule has 0 spiro atoms. The van der Waals surface area contributed by atoms with Gasteiger partial charge in [-0.15, -0.1) is 0 Å². The molecular formula is C11H26O2PS2+. The SMILES string of the molecule is CCCCC(CC)C[S+](C(C)C)P(O)(O)=S. The van der Waals surface area contributed by atoms with Gasteiger partial charge in [-0.25, -0.2) is 0 Å². The van der Waals surface area contributed by atoms with Crippen molar-refractivity contribution in [1.29, 1.82) is 0 Å². The van der Waals surface area contributed by atoms with E-state index in [9.17, 15) is 9.79 Å². The summed E-state index contributed by atoms with van der Waals surface area (Å²) in [7, 11) is -0.390. The van der Waals surface area contributed by atoms with E-state index in [1.807, 2.05) is 13.8 Å². The van der Waals surface area contributed by atoms with Crippen molar-refractivity contribution in [2.24, 2.45) is 5.92 Å². The van der Waals surface area contributed by atoms with Gasteiger partial charge in [0, 0.05) is 17.7 Å². The lowest BCUT2D eigenvalue weighted by Crippen LogP contribution is -2.23. The Morgan fingerprint density at radius 3 is 2.12 bits per heavy atom. The second kappa shape index (κ2) is 8.10. The summed E-state index contributed by atoms with van der Waals surface area (Å²) in [6.07, 6.45) is 4.75. The highest BCUT2D eigenvalue weighted by Gasteiger charge is 2.39. The molecule has 0 rings (SSSR count). The Labute approximate surface area is 108 Å². The molecule has 0 saturated carbocycles. The first-order chi connectivity index (χ1) is 7.32. The third kappa shape index (κ3) is 6.61. The Morgan fingerprint density at radius 2 is 1.81 bits per heavy atom. The van der Waals surface area contributed by atoms with Gasteiger partial charge in [-0.3, -0.25) is 0 Å². The fourth-order valence-electron chi connectivity index (χ4n) is 1.70. The van der Waals surface area contributed by atoms with E-state index in [0.717, 1.165) is 12.2 Å². The first kappa shape index (κ1) is 16.9. The molecule has 0 aliphatic heterocycles. The van der Waals surface area contributed by atoms with Gasteiger partial charge in [-0.2, -0.15) is 0 Å². The largest absolute Gasteiger partial charge is 0.393 e. The Kier molecular flexibility index (Phi) is 8.56. The van der Waals surface area contributed by atoms with Crippen LogP contribution in [0.25, 0.3) is 0 Å². The van der Waals surface area contributed by atoms with E-state index >= 15 is 0 Å². The Morgan fingerprint density at radius 1 is 1.25 bits per heavy atom. The summed E-state index contributed by atoms with van der Waals surface area (Å²) in [5.41, 5.74) is -3.07. The van der Waals surface area contributed by atoms with Gasteiger partial charge >= 0.3 is 5.69 Å². The molecule has 2 N–H and O–H groups in total. The summed E-state index contributed by atoms with van der Waals surface area (Å²) in [4.78, 5) is 19.4. The van der Waals surface area contributed by atoms with Crippen LogP contribution in [0, 0.1) is 5.92 Å². The fraction of sp³-hybridized carbons (Fsp3) is 1.00. The fourth-order valence-corrected chi connectivity index (χ4v) is 8.68. The number of hydrogen-bond acceptors (Lipinski definition) is 1. The van der Waals surface area contributed by atoms with E-state index in [1.165, 1.54) is 19.3 Å². The molecule has 2 nitrogen and oxygen atoms in total. The standard InChI is InChI=1S/C11H25O2PS2/c1-5-7-8-11(6-2)9-16(10(3)4)14(12,13)15/h10-11H,5-9H2,1-4H3,(H-,12,13,15)/p+1. The zero-order chi connectivity index (χ0) is 12.8. The molecule has 0 amide bonds. The van der Waals surface area contributed by atoms with Crippen LogP contribution in [0.5, 0.6) is 0 Å². The van der Waals surface area contributed by atoms with Crippen molar-refractivity contribution < 1.29 is 9.79 Å². The minimum atomic E-state index is -3.07. The van der Waals surface area contributed by atoms with Crippen LogP contribution in [0.3, 0.4) is 0 Å². The lowest BCUT2D eigenvalue weighted by Gasteiger charge is -2.20. The van der Waals surface area contributed by atoms with Gasteiger partial charge in [-0.05, 0) is 26.7 Å². The zero-order valence-corrected chi connectivity index (χ0v) is 13.4. The van der Waals surface area contributed by atoms with Crippen LogP contribution in [0.15, 0.2) is 0 Å². The summed E-state index contributed by atoms with van der Waals surface area (Å²) < 4.78 is 0. The molecule has 98 valence electrons. The average Bonchev–Trinajstić information content (AvgIpc) is 2.15. The maximum Gasteiger partial charge on any atom is 0.393 e. The lowest BCUT2D eigenvalue weighted by atomic mass is 10.0. The Bertz CT molecular complexity index is 228. The molecule has 0 aromatic heterocycles. The Balaban J connectivity index is 4.42. The molecule has 2 unspecified atom stereocenters. The minimum absolute atomic E-state index is 0.288. The number of unbranched alkanes of at least 4 members (excludes halogenated alkanes) is 1. The van der Waals surface area contributed by atoms with Gasteiger partial charge in [0.25, 0.3) is 0 Å². The molecule has 5 heteroatoms. The highest BCUT2D eigenvalue weighted by atomic mass is 32.9. The minimum Gasteiger partial charge on any atom is -0.307 e. The summed E-state index contributed by atoms with van der Waals surface area (Å²) in [5, 5.41) is 0.288. The third-order valence-corrected chi connectivity index (χ3v) is 10.6. The van der Waals surface area contributed by atoms with Gasteiger partial charge in [0.1, 0.15) is 11.0 Å². The van der Waals surface area contributed by atoms with Crippen molar-refractivity contribution in [2.75, 3.05) is 5.75 Å². The van der Waals surface area contributed by atoms with Crippen LogP contribution in [-0.2, 0) is 22.3 Å². The second-order valence-electron chi connectivity index (χ2n) is 4.52. The molecule has 0 aliphatic rings. The quantitative estimate of drug-likeness (QED) is 0.530. The van der Waals surface area contributed by atoms with Crippen molar-refractivity contribution >= 4 is 28.0 Å². The molecule has 0 aromatic rings. The number of rotatable bonds is 8. The maximum atomic E-state index is 9.71.